The molecule has 0 radical (unpaired) electrons. The molecule has 268 valence electrons. The van der Waals surface area contributed by atoms with E-state index in [9.17, 15) is 0 Å². The van der Waals surface area contributed by atoms with Crippen LogP contribution in [0.25, 0.3) is 88.1 Å². The van der Waals surface area contributed by atoms with Crippen LogP contribution in [-0.4, -0.2) is 20.8 Å². The molecule has 7 aromatic carbocycles. The van der Waals surface area contributed by atoms with E-state index in [2.05, 4.69) is 84.2 Å². The van der Waals surface area contributed by atoms with Crippen molar-refractivity contribution in [3.63, 3.8) is 0 Å². The zero-order valence-electron chi connectivity index (χ0n) is 30.2. The van der Waals surface area contributed by atoms with Crippen molar-refractivity contribution in [2.75, 3.05) is 0 Å². The summed E-state index contributed by atoms with van der Waals surface area (Å²) in [6, 6.07) is 55.7. The SMILES string of the molecule is c1ccc(-c2nc(-c3ccc4oc5ccccc5c4c3)nc(-c3ccc4oc5cccc(C6=Nc7c(sc8ccccc78)C(c7ccccc7)N6)c5c4c3)n2)cc1. The van der Waals surface area contributed by atoms with Gasteiger partial charge in [0.15, 0.2) is 17.5 Å². The monoisotopic (exact) mass is 751 g/mol. The van der Waals surface area contributed by atoms with Gasteiger partial charge in [0.2, 0.25) is 0 Å². The minimum Gasteiger partial charge on any atom is -0.456 e. The van der Waals surface area contributed by atoms with E-state index in [1.807, 2.05) is 84.9 Å². The molecule has 1 atom stereocenters. The number of aliphatic imine (C=N–C) groups is 1. The lowest BCUT2D eigenvalue weighted by molar-refractivity contribution is 0.668. The highest BCUT2D eigenvalue weighted by Gasteiger charge is 2.29. The Balaban J connectivity index is 1.04. The second-order valence-corrected chi connectivity index (χ2v) is 15.3. The molecule has 11 aromatic rings. The average molecular weight is 752 g/mol. The molecule has 57 heavy (non-hydrogen) atoms. The minimum absolute atomic E-state index is 0.0608. The van der Waals surface area contributed by atoms with Gasteiger partial charge in [-0.15, -0.1) is 11.3 Å². The Kier molecular flexibility index (Phi) is 7.02. The van der Waals surface area contributed by atoms with E-state index in [0.717, 1.165) is 83.0 Å². The predicted octanol–water partition coefficient (Wildman–Crippen LogP) is 12.7. The second kappa shape index (κ2) is 12.6. The van der Waals surface area contributed by atoms with Gasteiger partial charge in [0.05, 0.1) is 16.6 Å². The molecule has 1 unspecified atom stereocenters. The van der Waals surface area contributed by atoms with Gasteiger partial charge in [-0.25, -0.2) is 19.9 Å². The Labute approximate surface area is 329 Å². The number of rotatable bonds is 5. The summed E-state index contributed by atoms with van der Waals surface area (Å²) in [4.78, 5) is 21.8. The molecule has 7 nitrogen and oxygen atoms in total. The Morgan fingerprint density at radius 3 is 1.86 bits per heavy atom. The molecule has 0 bridgehead atoms. The molecule has 0 spiro atoms. The first-order valence-electron chi connectivity index (χ1n) is 18.8. The molecule has 0 aliphatic carbocycles. The molecule has 4 aromatic heterocycles. The fourth-order valence-corrected chi connectivity index (χ4v) is 9.33. The third-order valence-corrected chi connectivity index (χ3v) is 12.0. The molecular formula is C49H29N5O2S. The molecule has 0 fully saturated rings. The van der Waals surface area contributed by atoms with Crippen molar-refractivity contribution in [1.82, 2.24) is 20.3 Å². The van der Waals surface area contributed by atoms with Gasteiger partial charge in [0, 0.05) is 53.9 Å². The number of thiophene rings is 1. The third kappa shape index (κ3) is 5.18. The van der Waals surface area contributed by atoms with Crippen LogP contribution in [0.3, 0.4) is 0 Å². The molecule has 5 heterocycles. The summed E-state index contributed by atoms with van der Waals surface area (Å²) in [5.74, 6) is 2.54. The second-order valence-electron chi connectivity index (χ2n) is 14.2. The summed E-state index contributed by atoms with van der Waals surface area (Å²) in [6.07, 6.45) is 0. The standard InChI is InChI=1S/C49H29N5O2S/c1-3-12-28(13-4-1)43-45-44(33-17-8-10-21-41(33)57-45)51-49(50-43)34-18-11-20-40-42(34)36-27-31(23-25-39(36)56-40)48-53-46(29-14-5-2-6-15-29)52-47(54-48)30-22-24-38-35(26-30)32-16-7-9-19-37(32)55-38/h1-27,43H,(H,50,51). The summed E-state index contributed by atoms with van der Waals surface area (Å²) in [6.45, 7) is 0. The third-order valence-electron chi connectivity index (χ3n) is 10.8. The zero-order chi connectivity index (χ0) is 37.5. The van der Waals surface area contributed by atoms with E-state index in [-0.39, 0.29) is 6.04 Å². The van der Waals surface area contributed by atoms with Gasteiger partial charge < -0.3 is 14.2 Å². The van der Waals surface area contributed by atoms with Crippen LogP contribution in [0.1, 0.15) is 22.0 Å². The van der Waals surface area contributed by atoms with Crippen molar-refractivity contribution in [3.05, 3.63) is 180 Å². The van der Waals surface area contributed by atoms with Crippen molar-refractivity contribution in [2.24, 2.45) is 4.99 Å². The van der Waals surface area contributed by atoms with Crippen molar-refractivity contribution in [2.45, 2.75) is 6.04 Å². The maximum Gasteiger partial charge on any atom is 0.164 e. The lowest BCUT2D eigenvalue weighted by atomic mass is 9.98. The van der Waals surface area contributed by atoms with Crippen molar-refractivity contribution in [1.29, 1.82) is 0 Å². The van der Waals surface area contributed by atoms with Crippen LogP contribution in [0.2, 0.25) is 0 Å². The normalized spacial score (nSPS) is 14.0. The highest BCUT2D eigenvalue weighted by Crippen LogP contribution is 2.46. The topological polar surface area (TPSA) is 89.3 Å². The van der Waals surface area contributed by atoms with E-state index in [1.165, 1.54) is 15.1 Å². The van der Waals surface area contributed by atoms with Crippen molar-refractivity contribution in [3.8, 4) is 34.2 Å². The van der Waals surface area contributed by atoms with Gasteiger partial charge in [0.25, 0.3) is 0 Å². The number of hydrogen-bond acceptors (Lipinski definition) is 8. The molecule has 1 N–H and O–H groups in total. The number of furan rings is 2. The number of fused-ring (bicyclic) bond motifs is 9. The minimum atomic E-state index is -0.0608. The number of benzene rings is 7. The van der Waals surface area contributed by atoms with Crippen molar-refractivity contribution < 1.29 is 8.83 Å². The maximum atomic E-state index is 6.52. The van der Waals surface area contributed by atoms with E-state index >= 15 is 0 Å². The number of hydrogen-bond donors (Lipinski definition) is 1. The van der Waals surface area contributed by atoms with Gasteiger partial charge in [0.1, 0.15) is 28.2 Å². The van der Waals surface area contributed by atoms with Gasteiger partial charge in [-0.3, -0.25) is 0 Å². The van der Waals surface area contributed by atoms with Gasteiger partial charge >= 0.3 is 0 Å². The molecule has 0 saturated carbocycles. The first-order chi connectivity index (χ1) is 28.2. The molecule has 0 amide bonds. The largest absolute Gasteiger partial charge is 0.456 e. The lowest BCUT2D eigenvalue weighted by Gasteiger charge is -2.26. The number of amidine groups is 1. The van der Waals surface area contributed by atoms with Crippen LogP contribution < -0.4 is 5.32 Å². The maximum absolute atomic E-state index is 6.52. The quantitative estimate of drug-likeness (QED) is 0.188. The summed E-state index contributed by atoms with van der Waals surface area (Å²) in [5, 5.41) is 9.00. The van der Waals surface area contributed by atoms with E-state index in [0.29, 0.717) is 17.5 Å². The molecule has 8 heteroatoms. The van der Waals surface area contributed by atoms with E-state index in [4.69, 9.17) is 28.8 Å². The molecule has 1 aliphatic rings. The lowest BCUT2D eigenvalue weighted by Crippen LogP contribution is -2.32. The fourth-order valence-electron chi connectivity index (χ4n) is 8.11. The van der Waals surface area contributed by atoms with Crippen LogP contribution in [0.4, 0.5) is 5.69 Å². The number of nitrogens with zero attached hydrogens (tertiary/aromatic N) is 4. The van der Waals surface area contributed by atoms with Crippen molar-refractivity contribution >= 4 is 76.8 Å². The average Bonchev–Trinajstić information content (AvgIpc) is 3.97. The summed E-state index contributed by atoms with van der Waals surface area (Å²) in [5.41, 5.74) is 9.01. The summed E-state index contributed by atoms with van der Waals surface area (Å²) >= 11 is 1.80. The first kappa shape index (κ1) is 31.9. The molecule has 0 saturated heterocycles. The van der Waals surface area contributed by atoms with Gasteiger partial charge in [-0.2, -0.15) is 0 Å². The fraction of sp³-hybridized carbons (Fsp3) is 0.0204. The number of aromatic nitrogens is 3. The Morgan fingerprint density at radius 1 is 0.474 bits per heavy atom. The van der Waals surface area contributed by atoms with Gasteiger partial charge in [-0.1, -0.05) is 109 Å². The molecule has 1 aliphatic heterocycles. The predicted molar refractivity (Wildman–Crippen MR) is 230 cm³/mol. The molecular weight excluding hydrogens is 723 g/mol. The van der Waals surface area contributed by atoms with Crippen LogP contribution >= 0.6 is 11.3 Å². The van der Waals surface area contributed by atoms with Gasteiger partial charge in [-0.05, 0) is 60.2 Å². The smallest absolute Gasteiger partial charge is 0.164 e. The van der Waals surface area contributed by atoms with Crippen LogP contribution in [-0.2, 0) is 0 Å². The summed E-state index contributed by atoms with van der Waals surface area (Å²) < 4.78 is 13.9. The zero-order valence-corrected chi connectivity index (χ0v) is 31.0. The van der Waals surface area contributed by atoms with E-state index < -0.39 is 0 Å². The summed E-state index contributed by atoms with van der Waals surface area (Å²) in [7, 11) is 0. The Morgan fingerprint density at radius 2 is 1.07 bits per heavy atom. The Hall–Kier alpha value is -7.42. The Bertz CT molecular complexity index is 3400. The van der Waals surface area contributed by atoms with Crippen LogP contribution in [0.5, 0.6) is 0 Å². The van der Waals surface area contributed by atoms with E-state index in [1.54, 1.807) is 11.3 Å². The first-order valence-corrected chi connectivity index (χ1v) is 19.6. The number of nitrogens with one attached hydrogen (secondary N) is 1. The highest BCUT2D eigenvalue weighted by molar-refractivity contribution is 7.19. The number of para-hydroxylation sites is 1. The van der Waals surface area contributed by atoms with Crippen LogP contribution in [0.15, 0.2) is 178 Å². The highest BCUT2D eigenvalue weighted by atomic mass is 32.1. The van der Waals surface area contributed by atoms with Crippen LogP contribution in [0, 0.1) is 0 Å². The molecule has 12 rings (SSSR count).